The summed E-state index contributed by atoms with van der Waals surface area (Å²) in [5.41, 5.74) is 1.81. The van der Waals surface area contributed by atoms with Gasteiger partial charge in [0.2, 0.25) is 5.78 Å². The highest BCUT2D eigenvalue weighted by Crippen LogP contribution is 2.23. The van der Waals surface area contributed by atoms with Gasteiger partial charge >= 0.3 is 0 Å². The predicted molar refractivity (Wildman–Crippen MR) is 68.6 cm³/mol. The van der Waals surface area contributed by atoms with E-state index in [9.17, 15) is 9.18 Å². The summed E-state index contributed by atoms with van der Waals surface area (Å²) >= 11 is 0. The number of halogens is 1. The molecular weight excluding hydrogens is 245 g/mol. The highest BCUT2D eigenvalue weighted by atomic mass is 19.1. The number of fused-ring (bicyclic) bond motifs is 1. The molecule has 3 rings (SSSR count). The standard InChI is InChI=1S/C15H10FNO2/c1-9-4-5-17-8-12(9)15(18)14-7-10-6-11(16)2-3-13(10)19-14/h2-8H,1H3. The van der Waals surface area contributed by atoms with E-state index in [2.05, 4.69) is 4.98 Å². The SMILES string of the molecule is Cc1ccncc1C(=O)c1cc2cc(F)ccc2o1. The minimum atomic E-state index is -0.357. The first-order valence-electron chi connectivity index (χ1n) is 5.79. The molecule has 2 heterocycles. The van der Waals surface area contributed by atoms with Crippen LogP contribution < -0.4 is 0 Å². The molecule has 0 saturated heterocycles. The van der Waals surface area contributed by atoms with Gasteiger partial charge < -0.3 is 4.42 Å². The Labute approximate surface area is 108 Å². The van der Waals surface area contributed by atoms with Gasteiger partial charge in [-0.05, 0) is 42.8 Å². The highest BCUT2D eigenvalue weighted by molar-refractivity contribution is 6.09. The third kappa shape index (κ3) is 2.01. The van der Waals surface area contributed by atoms with E-state index in [1.807, 2.05) is 6.92 Å². The second kappa shape index (κ2) is 4.31. The van der Waals surface area contributed by atoms with Gasteiger partial charge in [-0.15, -0.1) is 0 Å². The number of furan rings is 1. The fourth-order valence-electron chi connectivity index (χ4n) is 1.96. The van der Waals surface area contributed by atoms with Crippen LogP contribution in [0.4, 0.5) is 4.39 Å². The number of pyridine rings is 1. The van der Waals surface area contributed by atoms with Crippen LogP contribution >= 0.6 is 0 Å². The molecule has 0 aliphatic heterocycles. The molecule has 4 heteroatoms. The summed E-state index contributed by atoms with van der Waals surface area (Å²) in [5.74, 6) is -0.413. The van der Waals surface area contributed by atoms with Crippen molar-refractivity contribution in [3.8, 4) is 0 Å². The molecule has 0 saturated carbocycles. The van der Waals surface area contributed by atoms with Crippen molar-refractivity contribution in [2.75, 3.05) is 0 Å². The van der Waals surface area contributed by atoms with Gasteiger partial charge in [0.15, 0.2) is 5.76 Å². The van der Waals surface area contributed by atoms with Crippen LogP contribution in [0.15, 0.2) is 47.1 Å². The highest BCUT2D eigenvalue weighted by Gasteiger charge is 2.16. The predicted octanol–water partition coefficient (Wildman–Crippen LogP) is 3.51. The first-order valence-corrected chi connectivity index (χ1v) is 5.79. The number of aromatic nitrogens is 1. The zero-order valence-corrected chi connectivity index (χ0v) is 10.2. The summed E-state index contributed by atoms with van der Waals surface area (Å²) in [6.07, 6.45) is 3.13. The zero-order chi connectivity index (χ0) is 13.4. The first kappa shape index (κ1) is 11.6. The first-order chi connectivity index (χ1) is 9.15. The number of ketones is 1. The number of carbonyl (C=O) groups is 1. The Hall–Kier alpha value is -2.49. The van der Waals surface area contributed by atoms with E-state index in [1.165, 1.54) is 24.4 Å². The molecule has 0 spiro atoms. The summed E-state index contributed by atoms with van der Waals surface area (Å²) in [6, 6.07) is 7.46. The van der Waals surface area contributed by atoms with Gasteiger partial charge in [-0.1, -0.05) is 0 Å². The van der Waals surface area contributed by atoms with E-state index in [-0.39, 0.29) is 17.4 Å². The lowest BCUT2D eigenvalue weighted by Gasteiger charge is -2.00. The molecule has 0 aliphatic rings. The van der Waals surface area contributed by atoms with Gasteiger partial charge in [0, 0.05) is 23.3 Å². The van der Waals surface area contributed by atoms with Crippen LogP contribution in [0.3, 0.4) is 0 Å². The zero-order valence-electron chi connectivity index (χ0n) is 10.2. The molecule has 0 fully saturated rings. The maximum absolute atomic E-state index is 13.1. The molecule has 94 valence electrons. The Morgan fingerprint density at radius 1 is 1.26 bits per heavy atom. The normalized spacial score (nSPS) is 10.8. The van der Waals surface area contributed by atoms with Crippen LogP contribution in [0.1, 0.15) is 21.7 Å². The maximum Gasteiger partial charge on any atom is 0.230 e. The van der Waals surface area contributed by atoms with E-state index in [4.69, 9.17) is 4.42 Å². The molecule has 0 bridgehead atoms. The molecule has 2 aromatic heterocycles. The number of hydrogen-bond donors (Lipinski definition) is 0. The van der Waals surface area contributed by atoms with Crippen LogP contribution in [-0.2, 0) is 0 Å². The Morgan fingerprint density at radius 3 is 2.89 bits per heavy atom. The van der Waals surface area contributed by atoms with Crippen molar-refractivity contribution in [2.24, 2.45) is 0 Å². The van der Waals surface area contributed by atoms with Gasteiger partial charge in [-0.2, -0.15) is 0 Å². The molecular formula is C15H10FNO2. The Balaban J connectivity index is 2.09. The Morgan fingerprint density at radius 2 is 2.11 bits per heavy atom. The van der Waals surface area contributed by atoms with E-state index in [1.54, 1.807) is 18.3 Å². The van der Waals surface area contributed by atoms with E-state index in [0.717, 1.165) is 5.56 Å². The number of hydrogen-bond acceptors (Lipinski definition) is 3. The fraction of sp³-hybridized carbons (Fsp3) is 0.0667. The van der Waals surface area contributed by atoms with Crippen molar-refractivity contribution in [3.63, 3.8) is 0 Å². The van der Waals surface area contributed by atoms with Crippen molar-refractivity contribution in [1.82, 2.24) is 4.98 Å². The molecule has 0 aliphatic carbocycles. The summed E-state index contributed by atoms with van der Waals surface area (Å²) in [5, 5.41) is 0.574. The third-order valence-electron chi connectivity index (χ3n) is 2.99. The average molecular weight is 255 g/mol. The number of aryl methyl sites for hydroxylation is 1. The van der Waals surface area contributed by atoms with Gasteiger partial charge in [-0.3, -0.25) is 9.78 Å². The quantitative estimate of drug-likeness (QED) is 0.658. The molecule has 1 aromatic carbocycles. The average Bonchev–Trinajstić information content (AvgIpc) is 2.81. The van der Waals surface area contributed by atoms with Gasteiger partial charge in [0.05, 0.1) is 0 Å². The summed E-state index contributed by atoms with van der Waals surface area (Å²) < 4.78 is 18.5. The monoisotopic (exact) mass is 255 g/mol. The van der Waals surface area contributed by atoms with Crippen LogP contribution in [0.5, 0.6) is 0 Å². The molecule has 3 aromatic rings. The Bertz CT molecular complexity index is 777. The lowest BCUT2D eigenvalue weighted by molar-refractivity contribution is 0.101. The third-order valence-corrected chi connectivity index (χ3v) is 2.99. The minimum absolute atomic E-state index is 0.191. The van der Waals surface area contributed by atoms with E-state index in [0.29, 0.717) is 16.5 Å². The molecule has 0 radical (unpaired) electrons. The van der Waals surface area contributed by atoms with Crippen molar-refractivity contribution >= 4 is 16.8 Å². The van der Waals surface area contributed by atoms with Crippen molar-refractivity contribution < 1.29 is 13.6 Å². The van der Waals surface area contributed by atoms with E-state index >= 15 is 0 Å². The second-order valence-electron chi connectivity index (χ2n) is 4.31. The molecule has 0 atom stereocenters. The number of carbonyl (C=O) groups excluding carboxylic acids is 1. The second-order valence-corrected chi connectivity index (χ2v) is 4.31. The molecule has 3 nitrogen and oxygen atoms in total. The number of nitrogens with zero attached hydrogens (tertiary/aromatic N) is 1. The van der Waals surface area contributed by atoms with Crippen molar-refractivity contribution in [1.29, 1.82) is 0 Å². The lowest BCUT2D eigenvalue weighted by atomic mass is 10.1. The molecule has 0 N–H and O–H groups in total. The minimum Gasteiger partial charge on any atom is -0.453 e. The van der Waals surface area contributed by atoms with Gasteiger partial charge in [0.25, 0.3) is 0 Å². The molecule has 0 amide bonds. The van der Waals surface area contributed by atoms with Crippen LogP contribution in [0, 0.1) is 12.7 Å². The van der Waals surface area contributed by atoms with Crippen LogP contribution in [0.25, 0.3) is 11.0 Å². The Kier molecular flexibility index (Phi) is 2.63. The van der Waals surface area contributed by atoms with E-state index < -0.39 is 0 Å². The van der Waals surface area contributed by atoms with Gasteiger partial charge in [-0.25, -0.2) is 4.39 Å². The number of benzene rings is 1. The van der Waals surface area contributed by atoms with Crippen LogP contribution in [0.2, 0.25) is 0 Å². The van der Waals surface area contributed by atoms with Gasteiger partial charge in [0.1, 0.15) is 11.4 Å². The summed E-state index contributed by atoms with van der Waals surface area (Å²) in [7, 11) is 0. The summed E-state index contributed by atoms with van der Waals surface area (Å²) in [4.78, 5) is 16.2. The lowest BCUT2D eigenvalue weighted by Crippen LogP contribution is -2.02. The van der Waals surface area contributed by atoms with Crippen molar-refractivity contribution in [3.05, 3.63) is 65.4 Å². The van der Waals surface area contributed by atoms with Crippen LogP contribution in [-0.4, -0.2) is 10.8 Å². The molecule has 19 heavy (non-hydrogen) atoms. The number of rotatable bonds is 2. The smallest absolute Gasteiger partial charge is 0.230 e. The summed E-state index contributed by atoms with van der Waals surface area (Å²) in [6.45, 7) is 1.83. The maximum atomic E-state index is 13.1. The largest absolute Gasteiger partial charge is 0.453 e. The van der Waals surface area contributed by atoms with Crippen molar-refractivity contribution in [2.45, 2.75) is 6.92 Å². The fourth-order valence-corrected chi connectivity index (χ4v) is 1.96. The molecule has 0 unspecified atom stereocenters. The topological polar surface area (TPSA) is 43.1 Å².